The van der Waals surface area contributed by atoms with Crippen molar-refractivity contribution in [1.29, 1.82) is 0 Å². The van der Waals surface area contributed by atoms with Crippen LogP contribution in [0.1, 0.15) is 0 Å². The van der Waals surface area contributed by atoms with Gasteiger partial charge in [0.05, 0.1) is 12.9 Å². The van der Waals surface area contributed by atoms with E-state index in [-0.39, 0.29) is 0 Å². The van der Waals surface area contributed by atoms with E-state index < -0.39 is 0 Å². The summed E-state index contributed by atoms with van der Waals surface area (Å²) in [6.07, 6.45) is 1.46. The number of thioether (sulfide) groups is 1. The number of ether oxygens (including phenoxy) is 1. The van der Waals surface area contributed by atoms with E-state index in [2.05, 4.69) is 6.58 Å². The molecule has 9 heavy (non-hydrogen) atoms. The van der Waals surface area contributed by atoms with Crippen molar-refractivity contribution in [2.75, 3.05) is 24.0 Å². The van der Waals surface area contributed by atoms with Gasteiger partial charge in [0, 0.05) is 17.4 Å². The van der Waals surface area contributed by atoms with E-state index in [9.17, 15) is 0 Å². The van der Waals surface area contributed by atoms with E-state index in [4.69, 9.17) is 16.3 Å². The Morgan fingerprint density at radius 3 is 2.89 bits per heavy atom. The zero-order chi connectivity index (χ0) is 6.95. The largest absolute Gasteiger partial charge is 0.501 e. The molecule has 0 N–H and O–H groups in total. The Morgan fingerprint density at radius 1 is 1.56 bits per heavy atom. The van der Waals surface area contributed by atoms with Crippen LogP contribution in [0.25, 0.3) is 0 Å². The summed E-state index contributed by atoms with van der Waals surface area (Å²) in [7, 11) is 0. The molecule has 0 unspecified atom stereocenters. The maximum absolute atomic E-state index is 5.43. The second kappa shape index (κ2) is 8.18. The first-order valence-corrected chi connectivity index (χ1v) is 4.47. The number of halogens is 1. The predicted molar refractivity (Wildman–Crippen MR) is 44.2 cm³/mol. The molecular formula is C6H11ClOS. The van der Waals surface area contributed by atoms with Crippen LogP contribution in [0.2, 0.25) is 0 Å². The molecule has 0 aromatic rings. The highest BCUT2D eigenvalue weighted by molar-refractivity contribution is 7.99. The van der Waals surface area contributed by atoms with Gasteiger partial charge in [-0.1, -0.05) is 6.58 Å². The van der Waals surface area contributed by atoms with E-state index in [1.807, 2.05) is 0 Å². The number of alkyl halides is 1. The van der Waals surface area contributed by atoms with Gasteiger partial charge < -0.3 is 4.74 Å². The minimum absolute atomic E-state index is 0.721. The Hall–Kier alpha value is 0.180. The van der Waals surface area contributed by atoms with Gasteiger partial charge in [0.15, 0.2) is 0 Å². The number of rotatable bonds is 6. The van der Waals surface area contributed by atoms with Gasteiger partial charge in [-0.2, -0.15) is 11.8 Å². The highest BCUT2D eigenvalue weighted by Crippen LogP contribution is 1.99. The molecule has 0 fully saturated rings. The average molecular weight is 167 g/mol. The maximum atomic E-state index is 5.43. The van der Waals surface area contributed by atoms with Gasteiger partial charge in [-0.25, -0.2) is 0 Å². The van der Waals surface area contributed by atoms with Crippen molar-refractivity contribution in [2.24, 2.45) is 0 Å². The van der Waals surface area contributed by atoms with E-state index in [1.165, 1.54) is 6.26 Å². The van der Waals surface area contributed by atoms with Gasteiger partial charge in [-0.3, -0.25) is 0 Å². The molecule has 0 aliphatic rings. The Bertz CT molecular complexity index is 68.1. The molecule has 0 saturated carbocycles. The molecule has 0 radical (unpaired) electrons. The van der Waals surface area contributed by atoms with E-state index in [1.54, 1.807) is 11.8 Å². The highest BCUT2D eigenvalue weighted by atomic mass is 35.5. The van der Waals surface area contributed by atoms with Gasteiger partial charge >= 0.3 is 0 Å². The van der Waals surface area contributed by atoms with Crippen LogP contribution in [0.4, 0.5) is 0 Å². The van der Waals surface area contributed by atoms with Crippen LogP contribution in [0.5, 0.6) is 0 Å². The molecule has 0 atom stereocenters. The topological polar surface area (TPSA) is 9.23 Å². The highest BCUT2D eigenvalue weighted by Gasteiger charge is 1.85. The van der Waals surface area contributed by atoms with Crippen molar-refractivity contribution in [3.05, 3.63) is 12.8 Å². The zero-order valence-electron chi connectivity index (χ0n) is 5.31. The second-order valence-electron chi connectivity index (χ2n) is 1.34. The molecule has 0 rings (SSSR count). The number of hydrogen-bond donors (Lipinski definition) is 0. The summed E-state index contributed by atoms with van der Waals surface area (Å²) in [5, 5.41) is 0. The predicted octanol–water partition coefficient (Wildman–Crippen LogP) is 2.12. The minimum atomic E-state index is 0.721. The monoisotopic (exact) mass is 166 g/mol. The lowest BCUT2D eigenvalue weighted by molar-refractivity contribution is 0.274. The maximum Gasteiger partial charge on any atom is 0.0963 e. The molecule has 0 aromatic heterocycles. The SMILES string of the molecule is C=COCCSCCCl. The van der Waals surface area contributed by atoms with Gasteiger partial charge in [-0.15, -0.1) is 11.6 Å². The van der Waals surface area contributed by atoms with Crippen molar-refractivity contribution >= 4 is 23.4 Å². The van der Waals surface area contributed by atoms with Crippen molar-refractivity contribution in [3.8, 4) is 0 Å². The Morgan fingerprint density at radius 2 is 2.33 bits per heavy atom. The molecule has 54 valence electrons. The van der Waals surface area contributed by atoms with Crippen molar-refractivity contribution < 1.29 is 4.74 Å². The third-order valence-electron chi connectivity index (χ3n) is 0.685. The molecule has 0 spiro atoms. The lowest BCUT2D eigenvalue weighted by Gasteiger charge is -1.97. The molecule has 0 amide bonds. The molecular weight excluding hydrogens is 156 g/mol. The van der Waals surface area contributed by atoms with Crippen LogP contribution in [-0.4, -0.2) is 24.0 Å². The first kappa shape index (κ1) is 9.18. The molecule has 3 heteroatoms. The molecule has 0 aliphatic heterocycles. The first-order chi connectivity index (χ1) is 4.41. The zero-order valence-corrected chi connectivity index (χ0v) is 6.88. The number of hydrogen-bond acceptors (Lipinski definition) is 2. The fraction of sp³-hybridized carbons (Fsp3) is 0.667. The summed E-state index contributed by atoms with van der Waals surface area (Å²) in [5.74, 6) is 2.72. The fourth-order valence-corrected chi connectivity index (χ4v) is 1.20. The van der Waals surface area contributed by atoms with Crippen LogP contribution in [0.15, 0.2) is 12.8 Å². The summed E-state index contributed by atoms with van der Waals surface area (Å²) >= 11 is 7.22. The van der Waals surface area contributed by atoms with Gasteiger partial charge in [0.1, 0.15) is 0 Å². The summed E-state index contributed by atoms with van der Waals surface area (Å²) < 4.78 is 4.88. The summed E-state index contributed by atoms with van der Waals surface area (Å²) in [6, 6.07) is 0. The fourth-order valence-electron chi connectivity index (χ4n) is 0.347. The van der Waals surface area contributed by atoms with Crippen molar-refractivity contribution in [1.82, 2.24) is 0 Å². The summed E-state index contributed by atoms with van der Waals surface area (Å²) in [4.78, 5) is 0. The second-order valence-corrected chi connectivity index (χ2v) is 2.94. The van der Waals surface area contributed by atoms with E-state index in [0.717, 1.165) is 24.0 Å². The quantitative estimate of drug-likeness (QED) is 0.340. The van der Waals surface area contributed by atoms with Crippen LogP contribution < -0.4 is 0 Å². The van der Waals surface area contributed by atoms with Gasteiger partial charge in [-0.05, 0) is 0 Å². The van der Waals surface area contributed by atoms with Crippen molar-refractivity contribution in [2.45, 2.75) is 0 Å². The molecule has 0 aromatic carbocycles. The molecule has 0 heterocycles. The molecule has 1 nitrogen and oxygen atoms in total. The normalized spacial score (nSPS) is 9.00. The van der Waals surface area contributed by atoms with Crippen LogP contribution in [0.3, 0.4) is 0 Å². The lowest BCUT2D eigenvalue weighted by Crippen LogP contribution is -1.92. The third-order valence-corrected chi connectivity index (χ3v) is 2.05. The van der Waals surface area contributed by atoms with Crippen LogP contribution in [0, 0.1) is 0 Å². The summed E-state index contributed by atoms with van der Waals surface area (Å²) in [6.45, 7) is 4.16. The van der Waals surface area contributed by atoms with Gasteiger partial charge in [0.25, 0.3) is 0 Å². The molecule has 0 saturated heterocycles. The smallest absolute Gasteiger partial charge is 0.0963 e. The van der Waals surface area contributed by atoms with Crippen LogP contribution >= 0.6 is 23.4 Å². The molecule has 0 aliphatic carbocycles. The lowest BCUT2D eigenvalue weighted by atomic mass is 10.8. The summed E-state index contributed by atoms with van der Waals surface area (Å²) in [5.41, 5.74) is 0. The van der Waals surface area contributed by atoms with E-state index >= 15 is 0 Å². The van der Waals surface area contributed by atoms with Gasteiger partial charge in [0.2, 0.25) is 0 Å². The minimum Gasteiger partial charge on any atom is -0.501 e. The van der Waals surface area contributed by atoms with Crippen LogP contribution in [-0.2, 0) is 4.74 Å². The Kier molecular flexibility index (Phi) is 8.34. The van der Waals surface area contributed by atoms with E-state index in [0.29, 0.717) is 0 Å². The average Bonchev–Trinajstić information content (AvgIpc) is 1.89. The Balaban J connectivity index is 2.66. The first-order valence-electron chi connectivity index (χ1n) is 2.78. The molecule has 0 bridgehead atoms. The van der Waals surface area contributed by atoms with Crippen molar-refractivity contribution in [3.63, 3.8) is 0 Å². The third kappa shape index (κ3) is 8.18. The Labute approximate surface area is 65.4 Å². The standard InChI is InChI=1S/C6H11ClOS/c1-2-8-4-6-9-5-3-7/h2H,1,3-6H2.